The number of aryl methyl sites for hydroxylation is 2. The Morgan fingerprint density at radius 3 is 2.80 bits per heavy atom. The fourth-order valence-corrected chi connectivity index (χ4v) is 1.67. The summed E-state index contributed by atoms with van der Waals surface area (Å²) >= 11 is 0. The molecule has 0 fully saturated rings. The number of aromatic nitrogens is 2. The van der Waals surface area contributed by atoms with Gasteiger partial charge in [0.25, 0.3) is 0 Å². The zero-order valence-corrected chi connectivity index (χ0v) is 9.07. The third-order valence-corrected chi connectivity index (χ3v) is 2.50. The minimum Gasteiger partial charge on any atom is -0.399 e. The molecule has 2 aromatic rings. The van der Waals surface area contributed by atoms with Crippen molar-refractivity contribution in [1.29, 1.82) is 0 Å². The molecule has 0 saturated carbocycles. The predicted molar refractivity (Wildman–Crippen MR) is 62.5 cm³/mol. The summed E-state index contributed by atoms with van der Waals surface area (Å²) in [4.78, 5) is 4.50. The van der Waals surface area contributed by atoms with Crippen LogP contribution < -0.4 is 5.73 Å². The average molecular weight is 201 g/mol. The van der Waals surface area contributed by atoms with E-state index in [2.05, 4.69) is 22.7 Å². The Morgan fingerprint density at radius 1 is 1.40 bits per heavy atom. The molecule has 3 nitrogen and oxygen atoms in total. The van der Waals surface area contributed by atoms with Gasteiger partial charge in [-0.3, -0.25) is 0 Å². The summed E-state index contributed by atoms with van der Waals surface area (Å²) < 4.78 is 2.12. The summed E-state index contributed by atoms with van der Waals surface area (Å²) in [5.74, 6) is 1.04. The van der Waals surface area contributed by atoms with Gasteiger partial charge in [-0.15, -0.1) is 0 Å². The first-order valence-electron chi connectivity index (χ1n) is 5.10. The molecule has 78 valence electrons. The fraction of sp³-hybridized carbons (Fsp3) is 0.250. The van der Waals surface area contributed by atoms with Crippen molar-refractivity contribution >= 4 is 5.69 Å². The van der Waals surface area contributed by atoms with Crippen molar-refractivity contribution in [1.82, 2.24) is 9.55 Å². The molecule has 2 rings (SSSR count). The summed E-state index contributed by atoms with van der Waals surface area (Å²) in [5, 5.41) is 0. The Kier molecular flexibility index (Phi) is 2.46. The van der Waals surface area contributed by atoms with E-state index in [4.69, 9.17) is 5.73 Å². The smallest absolute Gasteiger partial charge is 0.106 e. The Labute approximate surface area is 89.6 Å². The van der Waals surface area contributed by atoms with Gasteiger partial charge in [-0.2, -0.15) is 0 Å². The second-order valence-electron chi connectivity index (χ2n) is 3.58. The van der Waals surface area contributed by atoms with Crippen molar-refractivity contribution < 1.29 is 0 Å². The molecule has 0 saturated heterocycles. The maximum atomic E-state index is 5.74. The van der Waals surface area contributed by atoms with Gasteiger partial charge < -0.3 is 10.3 Å². The predicted octanol–water partition coefficient (Wildman–Crippen LogP) is 2.46. The molecule has 0 aliphatic carbocycles. The second-order valence-corrected chi connectivity index (χ2v) is 3.58. The Balaban J connectivity index is 2.45. The maximum absolute atomic E-state index is 5.74. The first kappa shape index (κ1) is 9.77. The lowest BCUT2D eigenvalue weighted by molar-refractivity contribution is 0.730. The molecule has 0 bridgehead atoms. The van der Waals surface area contributed by atoms with Crippen molar-refractivity contribution in [3.8, 4) is 11.3 Å². The van der Waals surface area contributed by atoms with Crippen LogP contribution in [-0.2, 0) is 6.54 Å². The third kappa shape index (κ3) is 1.86. The van der Waals surface area contributed by atoms with Gasteiger partial charge >= 0.3 is 0 Å². The third-order valence-electron chi connectivity index (χ3n) is 2.50. The van der Waals surface area contributed by atoms with Crippen LogP contribution in [0.3, 0.4) is 0 Å². The highest BCUT2D eigenvalue weighted by molar-refractivity contribution is 5.63. The van der Waals surface area contributed by atoms with E-state index in [1.165, 1.54) is 0 Å². The van der Waals surface area contributed by atoms with Crippen molar-refractivity contribution in [3.05, 3.63) is 36.3 Å². The van der Waals surface area contributed by atoms with Crippen molar-refractivity contribution in [2.45, 2.75) is 20.4 Å². The van der Waals surface area contributed by atoms with Crippen LogP contribution in [-0.4, -0.2) is 9.55 Å². The van der Waals surface area contributed by atoms with E-state index in [9.17, 15) is 0 Å². The van der Waals surface area contributed by atoms with Gasteiger partial charge in [-0.1, -0.05) is 12.1 Å². The molecule has 0 aliphatic heterocycles. The molecule has 0 aliphatic rings. The van der Waals surface area contributed by atoms with Gasteiger partial charge in [0.2, 0.25) is 0 Å². The number of anilines is 1. The molecule has 15 heavy (non-hydrogen) atoms. The molecular weight excluding hydrogens is 186 g/mol. The normalized spacial score (nSPS) is 10.5. The molecule has 1 aromatic carbocycles. The van der Waals surface area contributed by atoms with Crippen LogP contribution in [0.2, 0.25) is 0 Å². The number of benzene rings is 1. The van der Waals surface area contributed by atoms with E-state index in [1.807, 2.05) is 31.2 Å². The van der Waals surface area contributed by atoms with Crippen molar-refractivity contribution in [3.63, 3.8) is 0 Å². The second kappa shape index (κ2) is 3.77. The Morgan fingerprint density at radius 2 is 2.20 bits per heavy atom. The van der Waals surface area contributed by atoms with E-state index < -0.39 is 0 Å². The molecule has 3 heteroatoms. The molecule has 1 aromatic heterocycles. The van der Waals surface area contributed by atoms with Crippen molar-refractivity contribution in [2.75, 3.05) is 5.73 Å². The number of rotatable bonds is 2. The van der Waals surface area contributed by atoms with E-state index in [0.29, 0.717) is 0 Å². The van der Waals surface area contributed by atoms with Crippen molar-refractivity contribution in [2.24, 2.45) is 0 Å². The van der Waals surface area contributed by atoms with Gasteiger partial charge in [0.1, 0.15) is 5.82 Å². The summed E-state index contributed by atoms with van der Waals surface area (Å²) in [6.45, 7) is 5.07. The standard InChI is InChI=1S/C12H15N3/c1-3-15-8-12(14-9(15)2)10-5-4-6-11(13)7-10/h4-8H,3,13H2,1-2H3. The van der Waals surface area contributed by atoms with E-state index in [0.717, 1.165) is 29.3 Å². The summed E-state index contributed by atoms with van der Waals surface area (Å²) in [7, 11) is 0. The van der Waals surface area contributed by atoms with E-state index >= 15 is 0 Å². The molecule has 0 radical (unpaired) electrons. The summed E-state index contributed by atoms with van der Waals surface area (Å²) in [5.41, 5.74) is 8.57. The zero-order valence-electron chi connectivity index (χ0n) is 9.07. The number of nitrogen functional groups attached to an aromatic ring is 1. The van der Waals surface area contributed by atoms with Crippen LogP contribution in [0.15, 0.2) is 30.5 Å². The van der Waals surface area contributed by atoms with E-state index in [-0.39, 0.29) is 0 Å². The lowest BCUT2D eigenvalue weighted by Gasteiger charge is -1.97. The number of nitrogens with zero attached hydrogens (tertiary/aromatic N) is 2. The van der Waals surface area contributed by atoms with Crippen LogP contribution in [0.1, 0.15) is 12.7 Å². The maximum Gasteiger partial charge on any atom is 0.106 e. The molecule has 0 unspecified atom stereocenters. The number of nitrogens with two attached hydrogens (primary N) is 1. The molecule has 0 spiro atoms. The largest absolute Gasteiger partial charge is 0.399 e. The van der Waals surface area contributed by atoms with Crippen LogP contribution in [0, 0.1) is 6.92 Å². The lowest BCUT2D eigenvalue weighted by Crippen LogP contribution is -1.93. The summed E-state index contributed by atoms with van der Waals surface area (Å²) in [6, 6.07) is 7.80. The SMILES string of the molecule is CCn1cc(-c2cccc(N)c2)nc1C. The number of hydrogen-bond donors (Lipinski definition) is 1. The van der Waals surface area contributed by atoms with Gasteiger partial charge in [-0.05, 0) is 26.0 Å². The first-order chi connectivity index (χ1) is 7.20. The Hall–Kier alpha value is -1.77. The number of hydrogen-bond acceptors (Lipinski definition) is 2. The van der Waals surface area contributed by atoms with E-state index in [1.54, 1.807) is 0 Å². The monoisotopic (exact) mass is 201 g/mol. The highest BCUT2D eigenvalue weighted by Gasteiger charge is 2.04. The lowest BCUT2D eigenvalue weighted by atomic mass is 10.1. The summed E-state index contributed by atoms with van der Waals surface area (Å²) in [6.07, 6.45) is 2.06. The van der Waals surface area contributed by atoms with Gasteiger partial charge in [0.15, 0.2) is 0 Å². The van der Waals surface area contributed by atoms with Crippen LogP contribution in [0.4, 0.5) is 5.69 Å². The highest BCUT2D eigenvalue weighted by Crippen LogP contribution is 2.20. The molecule has 0 atom stereocenters. The Bertz CT molecular complexity index is 471. The van der Waals surface area contributed by atoms with Gasteiger partial charge in [0, 0.05) is 24.0 Å². The van der Waals surface area contributed by atoms with Gasteiger partial charge in [-0.25, -0.2) is 4.98 Å². The van der Waals surface area contributed by atoms with Crippen LogP contribution in [0.25, 0.3) is 11.3 Å². The fourth-order valence-electron chi connectivity index (χ4n) is 1.67. The minimum atomic E-state index is 0.774. The van der Waals surface area contributed by atoms with Gasteiger partial charge in [0.05, 0.1) is 5.69 Å². The molecule has 0 amide bonds. The highest BCUT2D eigenvalue weighted by atomic mass is 15.1. The minimum absolute atomic E-state index is 0.774. The topological polar surface area (TPSA) is 43.8 Å². The molecule has 2 N–H and O–H groups in total. The average Bonchev–Trinajstić information content (AvgIpc) is 2.60. The quantitative estimate of drug-likeness (QED) is 0.758. The van der Waals surface area contributed by atoms with Crippen LogP contribution in [0.5, 0.6) is 0 Å². The molecular formula is C12H15N3. The molecule has 1 heterocycles. The zero-order chi connectivity index (χ0) is 10.8. The number of imidazole rings is 1. The van der Waals surface area contributed by atoms with Crippen LogP contribution >= 0.6 is 0 Å². The first-order valence-corrected chi connectivity index (χ1v) is 5.10.